The predicted octanol–water partition coefficient (Wildman–Crippen LogP) is 2.98. The first kappa shape index (κ1) is 13.2. The molecule has 2 heterocycles. The van der Waals surface area contributed by atoms with E-state index in [0.717, 1.165) is 21.6 Å². The molecule has 0 saturated heterocycles. The highest BCUT2D eigenvalue weighted by atomic mass is 79.9. The largest absolute Gasteiger partial charge is 0.318 e. The normalized spacial score (nSPS) is 13.0. The van der Waals surface area contributed by atoms with Gasteiger partial charge in [-0.05, 0) is 48.8 Å². The van der Waals surface area contributed by atoms with Gasteiger partial charge in [0.05, 0.1) is 28.1 Å². The fourth-order valence-electron chi connectivity index (χ4n) is 1.93. The summed E-state index contributed by atoms with van der Waals surface area (Å²) in [5.74, 6) is 0. The van der Waals surface area contributed by atoms with Crippen molar-refractivity contribution in [3.05, 3.63) is 46.0 Å². The summed E-state index contributed by atoms with van der Waals surface area (Å²) in [6, 6.07) is 5.88. The monoisotopic (exact) mass is 308 g/mol. The fraction of sp³-hybridized carbons (Fsp3) is 0.385. The molecule has 2 rings (SSSR count). The van der Waals surface area contributed by atoms with E-state index in [1.807, 2.05) is 29.8 Å². The van der Waals surface area contributed by atoms with Crippen molar-refractivity contribution in [2.24, 2.45) is 5.73 Å². The van der Waals surface area contributed by atoms with E-state index in [1.165, 1.54) is 0 Å². The van der Waals surface area contributed by atoms with Crippen LogP contribution >= 0.6 is 15.9 Å². The number of halogens is 1. The Bertz CT molecular complexity index is 548. The highest BCUT2D eigenvalue weighted by Gasteiger charge is 2.20. The second-order valence-corrected chi connectivity index (χ2v) is 5.45. The van der Waals surface area contributed by atoms with Gasteiger partial charge >= 0.3 is 0 Å². The molecule has 0 aromatic carbocycles. The van der Waals surface area contributed by atoms with Crippen LogP contribution in [-0.2, 0) is 0 Å². The molecule has 5 heteroatoms. The molecule has 0 aliphatic carbocycles. The van der Waals surface area contributed by atoms with Gasteiger partial charge in [-0.2, -0.15) is 5.10 Å². The molecule has 0 aliphatic heterocycles. The topological polar surface area (TPSA) is 56.7 Å². The average molecular weight is 309 g/mol. The molecular formula is C13H17BrN4. The minimum Gasteiger partial charge on any atom is -0.318 e. The van der Waals surface area contributed by atoms with E-state index in [0.29, 0.717) is 0 Å². The van der Waals surface area contributed by atoms with Crippen LogP contribution in [0.15, 0.2) is 28.9 Å². The van der Waals surface area contributed by atoms with Gasteiger partial charge in [-0.3, -0.25) is 9.67 Å². The maximum atomic E-state index is 6.32. The molecule has 0 spiro atoms. The molecule has 2 N–H and O–H groups in total. The van der Waals surface area contributed by atoms with Gasteiger partial charge in [0.15, 0.2) is 0 Å². The lowest BCUT2D eigenvalue weighted by molar-refractivity contribution is 0.496. The Labute approximate surface area is 115 Å². The van der Waals surface area contributed by atoms with E-state index in [-0.39, 0.29) is 12.1 Å². The zero-order valence-corrected chi connectivity index (χ0v) is 12.3. The third kappa shape index (κ3) is 2.47. The minimum absolute atomic E-state index is 0.266. The molecule has 2 aromatic rings. The number of hydrogen-bond acceptors (Lipinski definition) is 3. The minimum atomic E-state index is -0.274. The van der Waals surface area contributed by atoms with E-state index < -0.39 is 0 Å². The van der Waals surface area contributed by atoms with Gasteiger partial charge in [-0.15, -0.1) is 0 Å². The number of nitrogens with zero attached hydrogens (tertiary/aromatic N) is 3. The fourth-order valence-corrected chi connectivity index (χ4v) is 2.45. The summed E-state index contributed by atoms with van der Waals surface area (Å²) in [5.41, 5.74) is 9.10. The lowest BCUT2D eigenvalue weighted by Crippen LogP contribution is -2.20. The van der Waals surface area contributed by atoms with Crippen molar-refractivity contribution in [1.29, 1.82) is 0 Å². The van der Waals surface area contributed by atoms with Crippen molar-refractivity contribution in [3.63, 3.8) is 0 Å². The zero-order valence-electron chi connectivity index (χ0n) is 10.8. The Kier molecular flexibility index (Phi) is 3.82. The van der Waals surface area contributed by atoms with Crippen LogP contribution in [0.1, 0.15) is 43.0 Å². The van der Waals surface area contributed by atoms with E-state index >= 15 is 0 Å². The van der Waals surface area contributed by atoms with Crippen LogP contribution < -0.4 is 5.73 Å². The molecule has 2 aromatic heterocycles. The first-order valence-corrected chi connectivity index (χ1v) is 6.72. The Balaban J connectivity index is 2.45. The summed E-state index contributed by atoms with van der Waals surface area (Å²) in [6.45, 7) is 6.13. The molecule has 4 nitrogen and oxygen atoms in total. The van der Waals surface area contributed by atoms with Gasteiger partial charge in [-0.1, -0.05) is 6.07 Å². The molecule has 18 heavy (non-hydrogen) atoms. The van der Waals surface area contributed by atoms with Crippen LogP contribution in [0.4, 0.5) is 0 Å². The van der Waals surface area contributed by atoms with Crippen LogP contribution in [0.3, 0.4) is 0 Å². The molecule has 1 atom stereocenters. The van der Waals surface area contributed by atoms with E-state index in [9.17, 15) is 0 Å². The highest BCUT2D eigenvalue weighted by Crippen LogP contribution is 2.27. The summed E-state index contributed by atoms with van der Waals surface area (Å²) in [7, 11) is 0. The Hall–Kier alpha value is -1.20. The number of pyridine rings is 1. The van der Waals surface area contributed by atoms with Gasteiger partial charge in [0.25, 0.3) is 0 Å². The number of rotatable bonds is 3. The first-order chi connectivity index (χ1) is 8.50. The average Bonchev–Trinajstić information content (AvgIpc) is 2.70. The summed E-state index contributed by atoms with van der Waals surface area (Å²) >= 11 is 3.51. The standard InChI is InChI=1S/C13H17BrN4/c1-8(2)18-13(10(14)7-16-18)12(15)11-6-4-5-9(3)17-11/h4-8,12H,15H2,1-3H3. The molecule has 96 valence electrons. The Morgan fingerprint density at radius 2 is 2.06 bits per heavy atom. The van der Waals surface area contributed by atoms with Crippen molar-refractivity contribution in [2.75, 3.05) is 0 Å². The molecule has 0 radical (unpaired) electrons. The zero-order chi connectivity index (χ0) is 13.3. The van der Waals surface area contributed by atoms with E-state index in [4.69, 9.17) is 5.73 Å². The van der Waals surface area contributed by atoms with Crippen molar-refractivity contribution in [1.82, 2.24) is 14.8 Å². The SMILES string of the molecule is Cc1cccc(C(N)c2c(Br)cnn2C(C)C)n1. The molecule has 0 fully saturated rings. The molecule has 1 unspecified atom stereocenters. The lowest BCUT2D eigenvalue weighted by Gasteiger charge is -2.17. The van der Waals surface area contributed by atoms with Crippen LogP contribution in [0.25, 0.3) is 0 Å². The van der Waals surface area contributed by atoms with Crippen molar-refractivity contribution in [3.8, 4) is 0 Å². The highest BCUT2D eigenvalue weighted by molar-refractivity contribution is 9.10. The van der Waals surface area contributed by atoms with Crippen LogP contribution in [0, 0.1) is 6.92 Å². The summed E-state index contributed by atoms with van der Waals surface area (Å²) in [5, 5.41) is 4.35. The van der Waals surface area contributed by atoms with E-state index in [1.54, 1.807) is 6.20 Å². The predicted molar refractivity (Wildman–Crippen MR) is 75.3 cm³/mol. The van der Waals surface area contributed by atoms with Gasteiger partial charge < -0.3 is 5.73 Å². The summed E-state index contributed by atoms with van der Waals surface area (Å²) in [6.07, 6.45) is 1.78. The number of nitrogens with two attached hydrogens (primary N) is 1. The third-order valence-electron chi connectivity index (χ3n) is 2.80. The number of aromatic nitrogens is 3. The van der Waals surface area contributed by atoms with Crippen molar-refractivity contribution >= 4 is 15.9 Å². The summed E-state index contributed by atoms with van der Waals surface area (Å²) < 4.78 is 2.85. The second-order valence-electron chi connectivity index (χ2n) is 4.60. The Morgan fingerprint density at radius 1 is 1.33 bits per heavy atom. The number of hydrogen-bond donors (Lipinski definition) is 1. The second kappa shape index (κ2) is 5.20. The number of aryl methyl sites for hydroxylation is 1. The molecule has 0 aliphatic rings. The van der Waals surface area contributed by atoms with Crippen LogP contribution in [-0.4, -0.2) is 14.8 Å². The maximum absolute atomic E-state index is 6.32. The molecule has 0 amide bonds. The Morgan fingerprint density at radius 3 is 2.67 bits per heavy atom. The molecular weight excluding hydrogens is 292 g/mol. The smallest absolute Gasteiger partial charge is 0.0908 e. The molecule has 0 bridgehead atoms. The lowest BCUT2D eigenvalue weighted by atomic mass is 10.1. The van der Waals surface area contributed by atoms with Gasteiger partial charge in [0, 0.05) is 11.7 Å². The quantitative estimate of drug-likeness (QED) is 0.948. The molecule has 0 saturated carbocycles. The van der Waals surface area contributed by atoms with Crippen LogP contribution in [0.5, 0.6) is 0 Å². The first-order valence-electron chi connectivity index (χ1n) is 5.92. The maximum Gasteiger partial charge on any atom is 0.0908 e. The van der Waals surface area contributed by atoms with Gasteiger partial charge in [0.1, 0.15) is 0 Å². The third-order valence-corrected chi connectivity index (χ3v) is 3.41. The van der Waals surface area contributed by atoms with E-state index in [2.05, 4.69) is 39.9 Å². The summed E-state index contributed by atoms with van der Waals surface area (Å²) in [4.78, 5) is 4.48. The van der Waals surface area contributed by atoms with Crippen molar-refractivity contribution in [2.45, 2.75) is 32.9 Å². The van der Waals surface area contributed by atoms with Gasteiger partial charge in [-0.25, -0.2) is 0 Å². The van der Waals surface area contributed by atoms with Crippen LogP contribution in [0.2, 0.25) is 0 Å². The van der Waals surface area contributed by atoms with Gasteiger partial charge in [0.2, 0.25) is 0 Å². The van der Waals surface area contributed by atoms with Crippen molar-refractivity contribution < 1.29 is 0 Å².